The van der Waals surface area contributed by atoms with Crippen molar-refractivity contribution >= 4 is 0 Å². The molecule has 0 heterocycles. The van der Waals surface area contributed by atoms with Gasteiger partial charge in [-0.2, -0.15) is 0 Å². The molecule has 1 aliphatic carbocycles. The molecule has 3 atom stereocenters. The van der Waals surface area contributed by atoms with E-state index < -0.39 is 0 Å². The van der Waals surface area contributed by atoms with Gasteiger partial charge in [0.2, 0.25) is 0 Å². The van der Waals surface area contributed by atoms with Crippen molar-refractivity contribution in [2.45, 2.75) is 86.5 Å². The van der Waals surface area contributed by atoms with E-state index in [-0.39, 0.29) is 0 Å². The topological polar surface area (TPSA) is 0 Å². The van der Waals surface area contributed by atoms with Crippen LogP contribution >= 0.6 is 0 Å². The molecule has 18 heavy (non-hydrogen) atoms. The molecule has 0 spiro atoms. The molecule has 0 aromatic carbocycles. The molecule has 0 aromatic heterocycles. The molecule has 108 valence electrons. The quantitative estimate of drug-likeness (QED) is 0.422. The Hall–Kier alpha value is 0. The molecule has 0 aromatic rings. The molecule has 0 radical (unpaired) electrons. The summed E-state index contributed by atoms with van der Waals surface area (Å²) in [5, 5.41) is 0. The first-order valence-electron chi connectivity index (χ1n) is 8.37. The number of rotatable bonds is 9. The summed E-state index contributed by atoms with van der Waals surface area (Å²) in [4.78, 5) is 0. The number of hydrogen-bond donors (Lipinski definition) is 0. The lowest BCUT2D eigenvalue weighted by molar-refractivity contribution is 0.277. The second kappa shape index (κ2) is 6.96. The van der Waals surface area contributed by atoms with E-state index in [0.717, 1.165) is 23.7 Å². The zero-order chi connectivity index (χ0) is 13.8. The normalized spacial score (nSPS) is 27.8. The zero-order valence-electron chi connectivity index (χ0n) is 13.8. The van der Waals surface area contributed by atoms with Gasteiger partial charge in [-0.1, -0.05) is 60.8 Å². The minimum atomic E-state index is 0.583. The Labute approximate surface area is 116 Å². The molecule has 0 heteroatoms. The van der Waals surface area contributed by atoms with Crippen LogP contribution in [0.3, 0.4) is 0 Å². The van der Waals surface area contributed by atoms with Gasteiger partial charge in [0.15, 0.2) is 0 Å². The molecular formula is C18H36. The average molecular weight is 252 g/mol. The van der Waals surface area contributed by atoms with E-state index in [0.29, 0.717) is 5.41 Å². The third kappa shape index (κ3) is 5.33. The maximum absolute atomic E-state index is 2.48. The van der Waals surface area contributed by atoms with Gasteiger partial charge < -0.3 is 0 Å². The minimum Gasteiger partial charge on any atom is -0.0654 e. The Morgan fingerprint density at radius 3 is 2.22 bits per heavy atom. The monoisotopic (exact) mass is 252 g/mol. The van der Waals surface area contributed by atoms with Crippen molar-refractivity contribution in [3.05, 3.63) is 0 Å². The third-order valence-corrected chi connectivity index (χ3v) is 5.11. The van der Waals surface area contributed by atoms with Gasteiger partial charge in [0.05, 0.1) is 0 Å². The predicted molar refractivity (Wildman–Crippen MR) is 82.8 cm³/mol. The van der Waals surface area contributed by atoms with Crippen molar-refractivity contribution < 1.29 is 0 Å². The first kappa shape index (κ1) is 16.1. The molecule has 0 N–H and O–H groups in total. The lowest BCUT2D eigenvalue weighted by Crippen LogP contribution is -2.11. The molecule has 0 saturated heterocycles. The van der Waals surface area contributed by atoms with E-state index in [1.165, 1.54) is 44.9 Å². The smallest absolute Gasteiger partial charge is 0.0352 e. The fourth-order valence-electron chi connectivity index (χ4n) is 3.58. The number of unbranched alkanes of at least 4 members (excludes halogenated alkanes) is 2. The van der Waals surface area contributed by atoms with E-state index >= 15 is 0 Å². The Balaban J connectivity index is 2.20. The van der Waals surface area contributed by atoms with Crippen molar-refractivity contribution in [2.24, 2.45) is 29.1 Å². The molecule has 1 rings (SSSR count). The highest BCUT2D eigenvalue weighted by molar-refractivity contribution is 4.94. The van der Waals surface area contributed by atoms with Crippen LogP contribution in [0.5, 0.6) is 0 Å². The number of hydrogen-bond acceptors (Lipinski definition) is 0. The zero-order valence-corrected chi connectivity index (χ0v) is 13.8. The minimum absolute atomic E-state index is 0.583. The third-order valence-electron chi connectivity index (χ3n) is 5.11. The lowest BCUT2D eigenvalue weighted by atomic mass is 9.81. The second-order valence-electron chi connectivity index (χ2n) is 7.98. The van der Waals surface area contributed by atoms with Crippen LogP contribution in [-0.4, -0.2) is 0 Å². The van der Waals surface area contributed by atoms with Gasteiger partial charge in [-0.05, 0) is 54.8 Å². The summed E-state index contributed by atoms with van der Waals surface area (Å²) in [5.74, 6) is 4.01. The van der Waals surface area contributed by atoms with Gasteiger partial charge in [0.25, 0.3) is 0 Å². The summed E-state index contributed by atoms with van der Waals surface area (Å²) >= 11 is 0. The van der Waals surface area contributed by atoms with Crippen molar-refractivity contribution in [3.63, 3.8) is 0 Å². The van der Waals surface area contributed by atoms with Crippen LogP contribution in [0, 0.1) is 29.1 Å². The van der Waals surface area contributed by atoms with E-state index in [1.807, 2.05) is 0 Å². The van der Waals surface area contributed by atoms with E-state index in [1.54, 1.807) is 0 Å². The van der Waals surface area contributed by atoms with Crippen molar-refractivity contribution in [2.75, 3.05) is 0 Å². The highest BCUT2D eigenvalue weighted by Crippen LogP contribution is 2.53. The molecule has 3 unspecified atom stereocenters. The summed E-state index contributed by atoms with van der Waals surface area (Å²) in [6.45, 7) is 14.5. The Morgan fingerprint density at radius 1 is 1.00 bits per heavy atom. The largest absolute Gasteiger partial charge is 0.0654 e. The lowest BCUT2D eigenvalue weighted by Gasteiger charge is -2.24. The van der Waals surface area contributed by atoms with Crippen LogP contribution in [0.1, 0.15) is 86.5 Å². The van der Waals surface area contributed by atoms with Crippen molar-refractivity contribution in [1.82, 2.24) is 0 Å². The summed E-state index contributed by atoms with van der Waals surface area (Å²) in [5.41, 5.74) is 0.583. The molecular weight excluding hydrogens is 216 g/mol. The highest BCUT2D eigenvalue weighted by atomic mass is 14.5. The van der Waals surface area contributed by atoms with Crippen LogP contribution in [0.15, 0.2) is 0 Å². The summed E-state index contributed by atoms with van der Waals surface area (Å²) < 4.78 is 0. The van der Waals surface area contributed by atoms with Gasteiger partial charge in [0, 0.05) is 0 Å². The standard InChI is InChI=1S/C18H36/c1-7-8-9-11-18(5,6)12-10-16-15(4)17(16)13-14(2)3/h14-17H,7-13H2,1-6H3. The molecule has 1 fully saturated rings. The van der Waals surface area contributed by atoms with E-state index in [9.17, 15) is 0 Å². The molecule has 1 saturated carbocycles. The van der Waals surface area contributed by atoms with Gasteiger partial charge in [-0.15, -0.1) is 0 Å². The first-order valence-corrected chi connectivity index (χ1v) is 8.37. The van der Waals surface area contributed by atoms with Crippen LogP contribution in [-0.2, 0) is 0 Å². The maximum Gasteiger partial charge on any atom is -0.0352 e. The first-order chi connectivity index (χ1) is 8.37. The highest BCUT2D eigenvalue weighted by Gasteiger charge is 2.45. The van der Waals surface area contributed by atoms with Gasteiger partial charge in [0.1, 0.15) is 0 Å². The Morgan fingerprint density at radius 2 is 1.67 bits per heavy atom. The van der Waals surface area contributed by atoms with Crippen LogP contribution in [0.2, 0.25) is 0 Å². The summed E-state index contributed by atoms with van der Waals surface area (Å²) in [6, 6.07) is 0. The molecule has 1 aliphatic rings. The SMILES string of the molecule is CCCCCC(C)(C)CCC1C(C)C1CC(C)C. The van der Waals surface area contributed by atoms with Crippen LogP contribution in [0.25, 0.3) is 0 Å². The summed E-state index contributed by atoms with van der Waals surface area (Å²) in [7, 11) is 0. The fourth-order valence-corrected chi connectivity index (χ4v) is 3.58. The van der Waals surface area contributed by atoms with E-state index in [2.05, 4.69) is 41.5 Å². The van der Waals surface area contributed by atoms with Crippen LogP contribution in [0.4, 0.5) is 0 Å². The average Bonchev–Trinajstić information content (AvgIpc) is 2.85. The van der Waals surface area contributed by atoms with Gasteiger partial charge >= 0.3 is 0 Å². The predicted octanol–water partition coefficient (Wildman–Crippen LogP) is 6.30. The van der Waals surface area contributed by atoms with Gasteiger partial charge in [-0.3, -0.25) is 0 Å². The molecule has 0 aliphatic heterocycles. The Kier molecular flexibility index (Phi) is 6.21. The molecule has 0 nitrogen and oxygen atoms in total. The molecule has 0 bridgehead atoms. The van der Waals surface area contributed by atoms with Crippen molar-refractivity contribution in [3.8, 4) is 0 Å². The molecule has 0 amide bonds. The van der Waals surface area contributed by atoms with Crippen LogP contribution < -0.4 is 0 Å². The second-order valence-corrected chi connectivity index (χ2v) is 7.98. The van der Waals surface area contributed by atoms with Crippen molar-refractivity contribution in [1.29, 1.82) is 0 Å². The fraction of sp³-hybridized carbons (Fsp3) is 1.00. The maximum atomic E-state index is 2.48. The summed E-state index contributed by atoms with van der Waals surface area (Å²) in [6.07, 6.45) is 10.0. The van der Waals surface area contributed by atoms with E-state index in [4.69, 9.17) is 0 Å². The van der Waals surface area contributed by atoms with Gasteiger partial charge in [-0.25, -0.2) is 0 Å². The Bertz CT molecular complexity index is 226.